The van der Waals surface area contributed by atoms with Gasteiger partial charge in [0.25, 0.3) is 0 Å². The average Bonchev–Trinajstić information content (AvgIpc) is 3.57. The van der Waals surface area contributed by atoms with Gasteiger partial charge in [0.1, 0.15) is 5.58 Å². The zero-order chi connectivity index (χ0) is 26.6. The Morgan fingerprint density at radius 2 is 1.40 bits per heavy atom. The lowest BCUT2D eigenvalue weighted by Gasteiger charge is -2.11. The maximum absolute atomic E-state index is 9.61. The largest absolute Gasteiger partial charge is 0.454 e. The van der Waals surface area contributed by atoms with Gasteiger partial charge < -0.3 is 8.98 Å². The van der Waals surface area contributed by atoms with Crippen molar-refractivity contribution in [1.82, 2.24) is 9.55 Å². The number of nitrogens with zero attached hydrogens (tertiary/aromatic N) is 3. The maximum Gasteiger partial charge on any atom is 0.160 e. The van der Waals surface area contributed by atoms with Crippen molar-refractivity contribution in [2.24, 2.45) is 0 Å². The van der Waals surface area contributed by atoms with E-state index in [0.717, 1.165) is 66.3 Å². The number of rotatable bonds is 3. The third-order valence-electron chi connectivity index (χ3n) is 7.73. The van der Waals surface area contributed by atoms with Gasteiger partial charge in [-0.1, -0.05) is 72.8 Å². The number of hydrogen-bond donors (Lipinski definition) is 0. The van der Waals surface area contributed by atoms with Crippen LogP contribution >= 0.6 is 0 Å². The van der Waals surface area contributed by atoms with Crippen LogP contribution in [-0.4, -0.2) is 9.55 Å². The predicted octanol–water partition coefficient (Wildman–Crippen LogP) is 9.28. The van der Waals surface area contributed by atoms with Crippen molar-refractivity contribution in [2.45, 2.75) is 0 Å². The van der Waals surface area contributed by atoms with E-state index >= 15 is 0 Å². The summed E-state index contributed by atoms with van der Waals surface area (Å²) in [6.07, 6.45) is 3.41. The number of para-hydroxylation sites is 2. The Hall–Kier alpha value is -5.66. The lowest BCUT2D eigenvalue weighted by Crippen LogP contribution is -1.95. The van der Waals surface area contributed by atoms with Crippen LogP contribution in [0.1, 0.15) is 5.56 Å². The third-order valence-corrected chi connectivity index (χ3v) is 7.73. The molecule has 0 unspecified atom stereocenters. The Kier molecular flexibility index (Phi) is 4.85. The minimum Gasteiger partial charge on any atom is -0.454 e. The lowest BCUT2D eigenvalue weighted by atomic mass is 9.97. The highest BCUT2D eigenvalue weighted by Crippen LogP contribution is 2.40. The van der Waals surface area contributed by atoms with Crippen molar-refractivity contribution in [2.75, 3.05) is 0 Å². The molecule has 0 aliphatic rings. The van der Waals surface area contributed by atoms with Crippen molar-refractivity contribution in [3.63, 3.8) is 0 Å². The highest BCUT2D eigenvalue weighted by Gasteiger charge is 2.19. The summed E-state index contributed by atoms with van der Waals surface area (Å²) >= 11 is 0. The molecule has 40 heavy (non-hydrogen) atoms. The lowest BCUT2D eigenvalue weighted by molar-refractivity contribution is 0.671. The van der Waals surface area contributed by atoms with E-state index < -0.39 is 0 Å². The molecule has 0 saturated carbocycles. The van der Waals surface area contributed by atoms with Crippen LogP contribution in [0.4, 0.5) is 0 Å². The number of aromatic nitrogens is 2. The fourth-order valence-corrected chi connectivity index (χ4v) is 5.91. The van der Waals surface area contributed by atoms with Crippen LogP contribution in [0, 0.1) is 11.3 Å². The number of benzene rings is 5. The zero-order valence-electron chi connectivity index (χ0n) is 21.4. The van der Waals surface area contributed by atoms with Gasteiger partial charge in [0.15, 0.2) is 5.58 Å². The van der Waals surface area contributed by atoms with Crippen molar-refractivity contribution >= 4 is 43.7 Å². The molecule has 0 aliphatic carbocycles. The first-order chi connectivity index (χ1) is 19.8. The minimum absolute atomic E-state index is 0.612. The van der Waals surface area contributed by atoms with Crippen LogP contribution in [0.15, 0.2) is 132 Å². The quantitative estimate of drug-likeness (QED) is 0.237. The van der Waals surface area contributed by atoms with Gasteiger partial charge in [0.2, 0.25) is 0 Å². The molecule has 3 heterocycles. The molecule has 8 aromatic rings. The fourth-order valence-electron chi connectivity index (χ4n) is 5.91. The Labute approximate surface area is 230 Å². The first kappa shape index (κ1) is 22.3. The molecule has 3 aromatic heterocycles. The second-order valence-electron chi connectivity index (χ2n) is 9.95. The molecule has 0 bridgehead atoms. The zero-order valence-corrected chi connectivity index (χ0v) is 21.4. The number of pyridine rings is 1. The van der Waals surface area contributed by atoms with Gasteiger partial charge in [-0.25, -0.2) is 0 Å². The van der Waals surface area contributed by atoms with Crippen molar-refractivity contribution in [3.8, 4) is 34.0 Å². The Balaban J connectivity index is 1.37. The van der Waals surface area contributed by atoms with E-state index in [2.05, 4.69) is 101 Å². The third kappa shape index (κ3) is 3.28. The minimum atomic E-state index is 0.612. The molecule has 0 spiro atoms. The number of hydrogen-bond acceptors (Lipinski definition) is 3. The van der Waals surface area contributed by atoms with Gasteiger partial charge in [0.05, 0.1) is 22.7 Å². The molecule has 8 rings (SSSR count). The van der Waals surface area contributed by atoms with Crippen LogP contribution in [0.2, 0.25) is 0 Å². The Bertz CT molecular complexity index is 2300. The topological polar surface area (TPSA) is 54.8 Å². The van der Waals surface area contributed by atoms with Crippen LogP contribution in [-0.2, 0) is 0 Å². The molecule has 0 atom stereocenters. The second-order valence-corrected chi connectivity index (χ2v) is 9.95. The van der Waals surface area contributed by atoms with Gasteiger partial charge in [-0.3, -0.25) is 4.98 Å². The van der Waals surface area contributed by atoms with Crippen molar-refractivity contribution in [1.29, 1.82) is 5.26 Å². The molecule has 4 heteroatoms. The van der Waals surface area contributed by atoms with Gasteiger partial charge in [-0.2, -0.15) is 5.26 Å². The molecule has 0 fully saturated rings. The molecule has 5 aromatic carbocycles. The molecule has 0 amide bonds. The van der Waals surface area contributed by atoms with Gasteiger partial charge >= 0.3 is 0 Å². The normalized spacial score (nSPS) is 11.5. The van der Waals surface area contributed by atoms with E-state index in [1.165, 1.54) is 5.39 Å². The van der Waals surface area contributed by atoms with E-state index in [9.17, 15) is 5.26 Å². The number of fused-ring (bicyclic) bond motifs is 7. The van der Waals surface area contributed by atoms with E-state index in [1.807, 2.05) is 24.3 Å². The molecular weight excluding hydrogens is 490 g/mol. The van der Waals surface area contributed by atoms with Gasteiger partial charge in [-0.15, -0.1) is 0 Å². The van der Waals surface area contributed by atoms with Crippen molar-refractivity contribution < 1.29 is 4.42 Å². The predicted molar refractivity (Wildman–Crippen MR) is 161 cm³/mol. The number of nitriles is 1. The first-order valence-corrected chi connectivity index (χ1v) is 13.2. The van der Waals surface area contributed by atoms with Crippen LogP contribution in [0.3, 0.4) is 0 Å². The maximum atomic E-state index is 9.61. The average molecular weight is 512 g/mol. The first-order valence-electron chi connectivity index (χ1n) is 13.2. The summed E-state index contributed by atoms with van der Waals surface area (Å²) in [5, 5.41) is 14.2. The standard InChI is InChI=1S/C36H21N3O/c37-21-26-17-18-38-22-32(26)25-9-5-7-23(19-25)24-8-6-10-27(20-24)39-33-13-3-1-11-28(33)30-15-16-31-29-12-2-4-14-34(29)40-36(31)35(30)39/h1-20,22H. The van der Waals surface area contributed by atoms with Gasteiger partial charge in [0, 0.05) is 45.2 Å². The van der Waals surface area contributed by atoms with E-state index in [4.69, 9.17) is 4.42 Å². The fraction of sp³-hybridized carbons (Fsp3) is 0. The SMILES string of the molecule is N#Cc1ccncc1-c1cccc(-c2cccc(-n3c4ccccc4c4ccc5c6ccccc6oc5c43)c2)c1. The summed E-state index contributed by atoms with van der Waals surface area (Å²) in [6.45, 7) is 0. The monoisotopic (exact) mass is 511 g/mol. The summed E-state index contributed by atoms with van der Waals surface area (Å²) in [5.74, 6) is 0. The molecule has 186 valence electrons. The van der Waals surface area contributed by atoms with E-state index in [-0.39, 0.29) is 0 Å². The summed E-state index contributed by atoms with van der Waals surface area (Å²) in [5.41, 5.74) is 9.60. The Morgan fingerprint density at radius 1 is 0.650 bits per heavy atom. The van der Waals surface area contributed by atoms with Crippen LogP contribution < -0.4 is 0 Å². The second kappa shape index (κ2) is 8.69. The smallest absolute Gasteiger partial charge is 0.160 e. The molecule has 0 radical (unpaired) electrons. The van der Waals surface area contributed by atoms with Gasteiger partial charge in [-0.05, 0) is 59.2 Å². The summed E-state index contributed by atoms with van der Waals surface area (Å²) in [7, 11) is 0. The van der Waals surface area contributed by atoms with Crippen LogP contribution in [0.25, 0.3) is 71.7 Å². The summed E-state index contributed by atoms with van der Waals surface area (Å²) in [4.78, 5) is 4.26. The van der Waals surface area contributed by atoms with E-state index in [0.29, 0.717) is 5.56 Å². The molecule has 0 N–H and O–H groups in total. The molecule has 0 saturated heterocycles. The van der Waals surface area contributed by atoms with Crippen LogP contribution in [0.5, 0.6) is 0 Å². The number of furan rings is 1. The Morgan fingerprint density at radius 3 is 2.30 bits per heavy atom. The highest BCUT2D eigenvalue weighted by atomic mass is 16.3. The molecule has 0 aliphatic heterocycles. The summed E-state index contributed by atoms with van der Waals surface area (Å²) < 4.78 is 8.82. The summed E-state index contributed by atoms with van der Waals surface area (Å²) in [6, 6.07) is 42.1. The molecule has 4 nitrogen and oxygen atoms in total. The highest BCUT2D eigenvalue weighted by molar-refractivity contribution is 6.21. The van der Waals surface area contributed by atoms with E-state index in [1.54, 1.807) is 18.5 Å². The van der Waals surface area contributed by atoms with Crippen molar-refractivity contribution in [3.05, 3.63) is 133 Å². The molecular formula is C36H21N3O.